The van der Waals surface area contributed by atoms with E-state index in [0.717, 1.165) is 16.7 Å². The van der Waals surface area contributed by atoms with Crippen LogP contribution in [-0.4, -0.2) is 12.3 Å². The average molecular weight is 232 g/mol. The third kappa shape index (κ3) is 2.17. The summed E-state index contributed by atoms with van der Waals surface area (Å²) in [6.07, 6.45) is 1.62. The summed E-state index contributed by atoms with van der Waals surface area (Å²) in [5.74, 6) is 0.331. The molecule has 0 saturated carbocycles. The van der Waals surface area contributed by atoms with Crippen LogP contribution in [0.15, 0.2) is 35.0 Å². The molecule has 1 aromatic carbocycles. The lowest BCUT2D eigenvalue weighted by Crippen LogP contribution is -2.19. The maximum Gasteiger partial charge on any atom is 0.229 e. The predicted octanol–water partition coefficient (Wildman–Crippen LogP) is 2.81. The van der Waals surface area contributed by atoms with E-state index in [2.05, 4.69) is 5.16 Å². The van der Waals surface area contributed by atoms with Gasteiger partial charge in [-0.2, -0.15) is 0 Å². The van der Waals surface area contributed by atoms with Crippen LogP contribution in [0.4, 0.5) is 5.88 Å². The highest BCUT2D eigenvalue weighted by Crippen LogP contribution is 2.30. The number of methoxy groups -OCH3 is 1. The fraction of sp³-hybridized carbons (Fsp3) is 0.308. The van der Waals surface area contributed by atoms with Gasteiger partial charge in [0.2, 0.25) is 5.88 Å². The molecule has 0 spiro atoms. The van der Waals surface area contributed by atoms with Crippen LogP contribution in [0.1, 0.15) is 19.4 Å². The van der Waals surface area contributed by atoms with Crippen LogP contribution in [-0.2, 0) is 10.3 Å². The zero-order valence-corrected chi connectivity index (χ0v) is 10.2. The first-order chi connectivity index (χ1) is 8.04. The minimum Gasteiger partial charge on any atom is -0.374 e. The predicted molar refractivity (Wildman–Crippen MR) is 66.4 cm³/mol. The van der Waals surface area contributed by atoms with Crippen molar-refractivity contribution in [3.63, 3.8) is 0 Å². The standard InChI is InChI=1S/C13H16N2O2/c1-13(2,16-3)10-6-4-5-9(7-10)11-8-15-17-12(11)14/h4-8H,14H2,1-3H3. The lowest BCUT2D eigenvalue weighted by molar-refractivity contribution is 0.0192. The van der Waals surface area contributed by atoms with Gasteiger partial charge in [0, 0.05) is 7.11 Å². The monoisotopic (exact) mass is 232 g/mol. The van der Waals surface area contributed by atoms with Crippen molar-refractivity contribution < 1.29 is 9.26 Å². The summed E-state index contributed by atoms with van der Waals surface area (Å²) in [6, 6.07) is 8.00. The average Bonchev–Trinajstić information content (AvgIpc) is 2.76. The fourth-order valence-electron chi connectivity index (χ4n) is 1.64. The zero-order chi connectivity index (χ0) is 12.5. The first-order valence-corrected chi connectivity index (χ1v) is 5.41. The quantitative estimate of drug-likeness (QED) is 0.883. The van der Waals surface area contributed by atoms with E-state index in [-0.39, 0.29) is 5.60 Å². The van der Waals surface area contributed by atoms with Gasteiger partial charge in [-0.3, -0.25) is 0 Å². The molecule has 4 heteroatoms. The Morgan fingerprint density at radius 3 is 2.71 bits per heavy atom. The first-order valence-electron chi connectivity index (χ1n) is 5.41. The van der Waals surface area contributed by atoms with Gasteiger partial charge in [-0.15, -0.1) is 0 Å². The zero-order valence-electron chi connectivity index (χ0n) is 10.2. The first kappa shape index (κ1) is 11.7. The summed E-state index contributed by atoms with van der Waals surface area (Å²) < 4.78 is 10.3. The number of nitrogen functional groups attached to an aromatic ring is 1. The molecule has 0 bridgehead atoms. The Kier molecular flexibility index (Phi) is 2.90. The lowest BCUT2D eigenvalue weighted by Gasteiger charge is -2.23. The van der Waals surface area contributed by atoms with Crippen LogP contribution >= 0.6 is 0 Å². The summed E-state index contributed by atoms with van der Waals surface area (Å²) in [4.78, 5) is 0. The van der Waals surface area contributed by atoms with Crippen molar-refractivity contribution in [3.8, 4) is 11.1 Å². The van der Waals surface area contributed by atoms with E-state index in [1.807, 2.05) is 38.1 Å². The number of ether oxygens (including phenoxy) is 1. The largest absolute Gasteiger partial charge is 0.374 e. The van der Waals surface area contributed by atoms with E-state index in [1.165, 1.54) is 0 Å². The van der Waals surface area contributed by atoms with Gasteiger partial charge in [0.1, 0.15) is 0 Å². The second-order valence-corrected chi connectivity index (χ2v) is 4.40. The van der Waals surface area contributed by atoms with Crippen LogP contribution < -0.4 is 5.73 Å². The maximum absolute atomic E-state index is 5.70. The molecule has 1 aromatic heterocycles. The molecule has 17 heavy (non-hydrogen) atoms. The summed E-state index contributed by atoms with van der Waals surface area (Å²) in [7, 11) is 1.69. The molecule has 2 aromatic rings. The van der Waals surface area contributed by atoms with Crippen molar-refractivity contribution >= 4 is 5.88 Å². The van der Waals surface area contributed by atoms with Gasteiger partial charge in [0.15, 0.2) is 0 Å². The van der Waals surface area contributed by atoms with E-state index in [4.69, 9.17) is 15.0 Å². The van der Waals surface area contributed by atoms with Gasteiger partial charge in [0.25, 0.3) is 0 Å². The molecule has 1 heterocycles. The molecular formula is C13H16N2O2. The Morgan fingerprint density at radius 2 is 2.12 bits per heavy atom. The number of nitrogens with zero attached hydrogens (tertiary/aromatic N) is 1. The Labute approximate surface area is 100 Å². The van der Waals surface area contributed by atoms with E-state index in [1.54, 1.807) is 13.3 Å². The summed E-state index contributed by atoms with van der Waals surface area (Å²) >= 11 is 0. The van der Waals surface area contributed by atoms with Crippen molar-refractivity contribution in [1.82, 2.24) is 5.16 Å². The number of benzene rings is 1. The molecule has 0 radical (unpaired) electrons. The van der Waals surface area contributed by atoms with Gasteiger partial charge >= 0.3 is 0 Å². The molecule has 4 nitrogen and oxygen atoms in total. The normalized spacial score (nSPS) is 11.7. The topological polar surface area (TPSA) is 61.3 Å². The molecule has 0 amide bonds. The highest BCUT2D eigenvalue weighted by Gasteiger charge is 2.20. The van der Waals surface area contributed by atoms with Crippen molar-refractivity contribution in [2.24, 2.45) is 0 Å². The van der Waals surface area contributed by atoms with Gasteiger partial charge < -0.3 is 15.0 Å². The molecule has 90 valence electrons. The lowest BCUT2D eigenvalue weighted by atomic mass is 9.95. The number of hydrogen-bond donors (Lipinski definition) is 1. The van der Waals surface area contributed by atoms with Crippen molar-refractivity contribution in [2.45, 2.75) is 19.4 Å². The summed E-state index contributed by atoms with van der Waals surface area (Å²) in [5.41, 5.74) is 8.24. The summed E-state index contributed by atoms with van der Waals surface area (Å²) in [5, 5.41) is 3.68. The molecule has 0 atom stereocenters. The molecule has 2 N–H and O–H groups in total. The van der Waals surface area contributed by atoms with Crippen LogP contribution in [0.3, 0.4) is 0 Å². The number of aromatic nitrogens is 1. The second-order valence-electron chi connectivity index (χ2n) is 4.40. The third-order valence-electron chi connectivity index (χ3n) is 2.98. The van der Waals surface area contributed by atoms with E-state index in [0.29, 0.717) is 5.88 Å². The molecular weight excluding hydrogens is 216 g/mol. The Balaban J connectivity index is 2.46. The fourth-order valence-corrected chi connectivity index (χ4v) is 1.64. The van der Waals surface area contributed by atoms with Crippen molar-refractivity contribution in [2.75, 3.05) is 12.8 Å². The van der Waals surface area contributed by atoms with E-state index in [9.17, 15) is 0 Å². The third-order valence-corrected chi connectivity index (χ3v) is 2.98. The van der Waals surface area contributed by atoms with E-state index < -0.39 is 0 Å². The van der Waals surface area contributed by atoms with Crippen LogP contribution in [0.2, 0.25) is 0 Å². The van der Waals surface area contributed by atoms with Gasteiger partial charge in [-0.05, 0) is 31.0 Å². The van der Waals surface area contributed by atoms with Crippen LogP contribution in [0.25, 0.3) is 11.1 Å². The molecule has 0 aliphatic rings. The molecule has 0 saturated heterocycles. The Hall–Kier alpha value is -1.81. The second kappa shape index (κ2) is 4.22. The highest BCUT2D eigenvalue weighted by molar-refractivity contribution is 5.72. The number of nitrogens with two attached hydrogens (primary N) is 1. The molecule has 2 rings (SSSR count). The van der Waals surface area contributed by atoms with Crippen molar-refractivity contribution in [3.05, 3.63) is 36.0 Å². The van der Waals surface area contributed by atoms with Crippen molar-refractivity contribution in [1.29, 1.82) is 0 Å². The SMILES string of the molecule is COC(C)(C)c1cccc(-c2cnoc2N)c1. The summed E-state index contributed by atoms with van der Waals surface area (Å²) in [6.45, 7) is 4.03. The van der Waals surface area contributed by atoms with Gasteiger partial charge in [-0.1, -0.05) is 23.4 Å². The van der Waals surface area contributed by atoms with Gasteiger partial charge in [0.05, 0.1) is 17.4 Å². The van der Waals surface area contributed by atoms with Gasteiger partial charge in [-0.25, -0.2) is 0 Å². The van der Waals surface area contributed by atoms with Crippen LogP contribution in [0.5, 0.6) is 0 Å². The minimum atomic E-state index is -0.331. The van der Waals surface area contributed by atoms with Crippen LogP contribution in [0, 0.1) is 0 Å². The minimum absolute atomic E-state index is 0.331. The highest BCUT2D eigenvalue weighted by atomic mass is 16.5. The number of hydrogen-bond acceptors (Lipinski definition) is 4. The smallest absolute Gasteiger partial charge is 0.229 e. The molecule has 0 fully saturated rings. The molecule has 0 unspecified atom stereocenters. The number of rotatable bonds is 3. The molecule has 0 aliphatic heterocycles. The molecule has 0 aliphatic carbocycles. The Bertz CT molecular complexity index is 518. The van der Waals surface area contributed by atoms with E-state index >= 15 is 0 Å². The maximum atomic E-state index is 5.70. The number of anilines is 1. The Morgan fingerprint density at radius 1 is 1.35 bits per heavy atom.